The third-order valence-electron chi connectivity index (χ3n) is 6.85. The van der Waals surface area contributed by atoms with E-state index in [4.69, 9.17) is 13.9 Å². The minimum absolute atomic E-state index is 0.0685. The maximum Gasteiger partial charge on any atom is 0.251 e. The number of anilines is 1. The van der Waals surface area contributed by atoms with Gasteiger partial charge in [-0.2, -0.15) is 0 Å². The molecule has 0 bridgehead atoms. The second-order valence-electron chi connectivity index (χ2n) is 9.38. The van der Waals surface area contributed by atoms with Gasteiger partial charge in [0.25, 0.3) is 5.91 Å². The predicted octanol–water partition coefficient (Wildman–Crippen LogP) is 3.89. The van der Waals surface area contributed by atoms with Gasteiger partial charge in [0.2, 0.25) is 12.7 Å². The Balaban J connectivity index is 1.42. The molecule has 10 heteroatoms. The van der Waals surface area contributed by atoms with E-state index in [2.05, 4.69) is 15.6 Å². The van der Waals surface area contributed by atoms with E-state index >= 15 is 0 Å². The zero-order valence-electron chi connectivity index (χ0n) is 20.4. The maximum atomic E-state index is 14.1. The van der Waals surface area contributed by atoms with Gasteiger partial charge in [-0.3, -0.25) is 14.5 Å². The number of para-hydroxylation sites is 1. The van der Waals surface area contributed by atoms with Gasteiger partial charge in [-0.1, -0.05) is 30.2 Å². The number of aromatic nitrogens is 3. The van der Waals surface area contributed by atoms with Crippen LogP contribution in [0.25, 0.3) is 11.0 Å². The standard InChI is InChI=1S/C27H27N5O5/c1-17-10-12-23(37-17)26(27(34)28-18-6-2-3-7-18)32(19-11-13-22-24(14-19)36-16-35-22)25(33)15-31-21-9-5-4-8-20(21)29-30-31/h4-5,8-14,18,26H,2-3,6-7,15-16H2,1H3,(H,28,34)/t26-/m0/s1. The van der Waals surface area contributed by atoms with Crippen LogP contribution in [0.15, 0.2) is 59.0 Å². The number of nitrogens with zero attached hydrogens (tertiary/aromatic N) is 4. The Morgan fingerprint density at radius 1 is 1.08 bits per heavy atom. The van der Waals surface area contributed by atoms with Gasteiger partial charge in [-0.25, -0.2) is 4.68 Å². The number of hydrogen-bond donors (Lipinski definition) is 1. The molecule has 37 heavy (non-hydrogen) atoms. The lowest BCUT2D eigenvalue weighted by Crippen LogP contribution is -2.47. The monoisotopic (exact) mass is 501 g/mol. The maximum absolute atomic E-state index is 14.1. The van der Waals surface area contributed by atoms with Crippen molar-refractivity contribution >= 4 is 28.5 Å². The molecule has 1 saturated carbocycles. The summed E-state index contributed by atoms with van der Waals surface area (Å²) in [6.45, 7) is 1.78. The van der Waals surface area contributed by atoms with Gasteiger partial charge < -0.3 is 19.2 Å². The van der Waals surface area contributed by atoms with Crippen LogP contribution in [0.5, 0.6) is 11.5 Å². The lowest BCUT2D eigenvalue weighted by molar-refractivity contribution is -0.127. The van der Waals surface area contributed by atoms with Gasteiger partial charge in [0.1, 0.15) is 23.6 Å². The summed E-state index contributed by atoms with van der Waals surface area (Å²) < 4.78 is 18.5. The van der Waals surface area contributed by atoms with Crippen LogP contribution in [-0.4, -0.2) is 39.6 Å². The zero-order valence-corrected chi connectivity index (χ0v) is 20.4. The molecule has 2 amide bonds. The molecule has 1 atom stereocenters. The Bertz CT molecular complexity index is 1450. The minimum atomic E-state index is -1.03. The molecule has 0 saturated heterocycles. The molecule has 190 valence electrons. The van der Waals surface area contributed by atoms with Gasteiger partial charge in [0.05, 0.1) is 5.52 Å². The highest BCUT2D eigenvalue weighted by atomic mass is 16.7. The molecule has 4 aromatic rings. The lowest BCUT2D eigenvalue weighted by atomic mass is 10.1. The molecule has 1 aliphatic heterocycles. The molecule has 0 unspecified atom stereocenters. The largest absolute Gasteiger partial charge is 0.464 e. The first-order valence-electron chi connectivity index (χ1n) is 12.4. The summed E-state index contributed by atoms with van der Waals surface area (Å²) in [5, 5.41) is 11.5. The van der Waals surface area contributed by atoms with Crippen molar-refractivity contribution in [1.29, 1.82) is 0 Å². The van der Waals surface area contributed by atoms with Crippen molar-refractivity contribution in [1.82, 2.24) is 20.3 Å². The van der Waals surface area contributed by atoms with E-state index in [1.807, 2.05) is 31.2 Å². The summed E-state index contributed by atoms with van der Waals surface area (Å²) >= 11 is 0. The number of furan rings is 1. The van der Waals surface area contributed by atoms with E-state index in [1.165, 1.54) is 9.58 Å². The van der Waals surface area contributed by atoms with Crippen molar-refractivity contribution in [3.05, 3.63) is 66.1 Å². The fourth-order valence-corrected chi connectivity index (χ4v) is 5.03. The predicted molar refractivity (Wildman–Crippen MR) is 134 cm³/mol. The zero-order chi connectivity index (χ0) is 25.4. The fourth-order valence-electron chi connectivity index (χ4n) is 5.03. The molecule has 0 spiro atoms. The van der Waals surface area contributed by atoms with Gasteiger partial charge >= 0.3 is 0 Å². The number of carbonyl (C=O) groups is 2. The summed E-state index contributed by atoms with van der Waals surface area (Å²) in [6.07, 6.45) is 3.97. The van der Waals surface area contributed by atoms with Crippen molar-refractivity contribution in [3.8, 4) is 11.5 Å². The SMILES string of the molecule is Cc1ccc([C@@H](C(=O)NC2CCCC2)N(C(=O)Cn2nnc3ccccc32)c2ccc3c(c2)OCO3)o1. The highest BCUT2D eigenvalue weighted by molar-refractivity contribution is 6.01. The van der Waals surface area contributed by atoms with Crippen LogP contribution < -0.4 is 19.7 Å². The number of benzene rings is 2. The molecule has 10 nitrogen and oxygen atoms in total. The van der Waals surface area contributed by atoms with Crippen molar-refractivity contribution in [2.24, 2.45) is 0 Å². The van der Waals surface area contributed by atoms with Crippen molar-refractivity contribution < 1.29 is 23.5 Å². The molecular weight excluding hydrogens is 474 g/mol. The number of fused-ring (bicyclic) bond motifs is 2. The smallest absolute Gasteiger partial charge is 0.251 e. The topological polar surface area (TPSA) is 112 Å². The quantitative estimate of drug-likeness (QED) is 0.409. The Hall–Kier alpha value is -4.34. The Morgan fingerprint density at radius 2 is 1.89 bits per heavy atom. The van der Waals surface area contributed by atoms with E-state index in [-0.39, 0.29) is 31.2 Å². The normalized spacial score (nSPS) is 15.7. The van der Waals surface area contributed by atoms with Gasteiger partial charge in [0.15, 0.2) is 17.5 Å². The lowest BCUT2D eigenvalue weighted by Gasteiger charge is -2.31. The van der Waals surface area contributed by atoms with Gasteiger partial charge in [-0.15, -0.1) is 5.10 Å². The Kier molecular flexibility index (Phi) is 5.99. The van der Waals surface area contributed by atoms with E-state index in [0.717, 1.165) is 31.2 Å². The van der Waals surface area contributed by atoms with E-state index in [9.17, 15) is 9.59 Å². The Morgan fingerprint density at radius 3 is 2.70 bits per heavy atom. The number of rotatable bonds is 7. The van der Waals surface area contributed by atoms with Crippen molar-refractivity contribution in [2.45, 2.75) is 51.2 Å². The van der Waals surface area contributed by atoms with E-state index < -0.39 is 6.04 Å². The molecule has 6 rings (SSSR count). The van der Waals surface area contributed by atoms with E-state index in [1.54, 1.807) is 30.3 Å². The molecule has 1 aliphatic carbocycles. The highest BCUT2D eigenvalue weighted by Gasteiger charge is 2.37. The third-order valence-corrected chi connectivity index (χ3v) is 6.85. The van der Waals surface area contributed by atoms with Crippen LogP contribution in [0.2, 0.25) is 0 Å². The molecule has 2 aliphatic rings. The molecule has 3 heterocycles. The summed E-state index contributed by atoms with van der Waals surface area (Å²) in [5.41, 5.74) is 1.89. The average molecular weight is 502 g/mol. The first-order chi connectivity index (χ1) is 18.1. The molecule has 1 fully saturated rings. The summed E-state index contributed by atoms with van der Waals surface area (Å²) in [6, 6.07) is 15.2. The second kappa shape index (κ2) is 9.61. The number of aryl methyl sites for hydroxylation is 1. The first-order valence-corrected chi connectivity index (χ1v) is 12.4. The summed E-state index contributed by atoms with van der Waals surface area (Å²) in [7, 11) is 0. The third kappa shape index (κ3) is 4.50. The number of amides is 2. The molecule has 2 aromatic carbocycles. The number of ether oxygens (including phenoxy) is 2. The van der Waals surface area contributed by atoms with Crippen LogP contribution in [0, 0.1) is 6.92 Å². The Labute approximate surface area is 213 Å². The van der Waals surface area contributed by atoms with Gasteiger partial charge in [-0.05, 0) is 56.2 Å². The van der Waals surface area contributed by atoms with Crippen LogP contribution in [0.1, 0.15) is 43.2 Å². The van der Waals surface area contributed by atoms with Crippen LogP contribution in [0.3, 0.4) is 0 Å². The number of hydrogen-bond acceptors (Lipinski definition) is 7. The summed E-state index contributed by atoms with van der Waals surface area (Å²) in [5.74, 6) is 1.47. The van der Waals surface area contributed by atoms with Crippen molar-refractivity contribution in [3.63, 3.8) is 0 Å². The molecule has 2 aromatic heterocycles. The van der Waals surface area contributed by atoms with Crippen LogP contribution in [0.4, 0.5) is 5.69 Å². The fraction of sp³-hybridized carbons (Fsp3) is 0.333. The minimum Gasteiger partial charge on any atom is -0.464 e. The van der Waals surface area contributed by atoms with Crippen LogP contribution in [-0.2, 0) is 16.1 Å². The number of nitrogens with one attached hydrogen (secondary N) is 1. The molecule has 1 N–H and O–H groups in total. The highest BCUT2D eigenvalue weighted by Crippen LogP contribution is 2.38. The van der Waals surface area contributed by atoms with E-state index in [0.29, 0.717) is 34.2 Å². The number of carbonyl (C=O) groups excluding carboxylic acids is 2. The second-order valence-corrected chi connectivity index (χ2v) is 9.38. The first kappa shape index (κ1) is 23.1. The average Bonchev–Trinajstić information content (AvgIpc) is 3.70. The van der Waals surface area contributed by atoms with Crippen molar-refractivity contribution in [2.75, 3.05) is 11.7 Å². The molecular formula is C27H27N5O5. The molecule has 0 radical (unpaired) electrons. The van der Waals surface area contributed by atoms with Crippen LogP contribution >= 0.6 is 0 Å². The van der Waals surface area contributed by atoms with Gasteiger partial charge in [0, 0.05) is 17.8 Å². The summed E-state index contributed by atoms with van der Waals surface area (Å²) in [4.78, 5) is 29.3.